The summed E-state index contributed by atoms with van der Waals surface area (Å²) in [6.45, 7) is 6.17. The van der Waals surface area contributed by atoms with Gasteiger partial charge in [-0.25, -0.2) is 10.2 Å². The largest absolute Gasteiger partial charge is 0.465 e. The number of carbonyl (C=O) groups is 13. The highest BCUT2D eigenvalue weighted by Gasteiger charge is 2.36. The van der Waals surface area contributed by atoms with Crippen LogP contribution in [0.25, 0.3) is 0 Å². The van der Waals surface area contributed by atoms with E-state index in [1.165, 1.54) is 11.8 Å². The Balaban J connectivity index is 1.90. The highest BCUT2D eigenvalue weighted by Crippen LogP contribution is 2.18. The molecule has 1 unspecified atom stereocenters. The number of rotatable bonds is 29. The van der Waals surface area contributed by atoms with Crippen LogP contribution in [0.2, 0.25) is 0 Å². The molecule has 360 valence electrons. The fourth-order valence-corrected chi connectivity index (χ4v) is 6.58. The number of hydrogen-bond donors (Lipinski definition) is 10. The topological polar surface area (TPSA) is 371 Å². The molecule has 0 aromatic heterocycles. The molecule has 25 heteroatoms. The molecule has 2 aliphatic heterocycles. The number of primary amides is 1. The third-order valence-corrected chi connectivity index (χ3v) is 10.4. The van der Waals surface area contributed by atoms with Gasteiger partial charge in [0.1, 0.15) is 24.7 Å². The number of amides is 10. The van der Waals surface area contributed by atoms with E-state index in [1.54, 1.807) is 13.8 Å². The number of carboxylic acid groups (broad SMARTS) is 1. The maximum Gasteiger partial charge on any atom is 0.405 e. The lowest BCUT2D eigenvalue weighted by atomic mass is 9.92. The van der Waals surface area contributed by atoms with Gasteiger partial charge in [-0.15, -0.1) is 0 Å². The highest BCUT2D eigenvalue weighted by molar-refractivity contribution is 6.14. The molecule has 2 heterocycles. The van der Waals surface area contributed by atoms with Crippen molar-refractivity contribution in [3.8, 4) is 0 Å². The molecule has 25 nitrogen and oxygen atoms in total. The Morgan fingerprint density at radius 2 is 1.43 bits per heavy atom. The van der Waals surface area contributed by atoms with Crippen LogP contribution in [0, 0.1) is 11.8 Å². The van der Waals surface area contributed by atoms with Crippen LogP contribution in [0.3, 0.4) is 0 Å². The van der Waals surface area contributed by atoms with Crippen LogP contribution in [-0.4, -0.2) is 161 Å². The van der Waals surface area contributed by atoms with Crippen molar-refractivity contribution in [2.24, 2.45) is 17.6 Å². The summed E-state index contributed by atoms with van der Waals surface area (Å²) in [5.41, 5.74) is 9.72. The Bertz CT molecular complexity index is 1850. The van der Waals surface area contributed by atoms with Crippen LogP contribution in [0.15, 0.2) is 12.2 Å². The van der Waals surface area contributed by atoms with Crippen molar-refractivity contribution in [3.05, 3.63) is 12.2 Å². The van der Waals surface area contributed by atoms with Gasteiger partial charge < -0.3 is 47.6 Å². The van der Waals surface area contributed by atoms with Gasteiger partial charge in [0.15, 0.2) is 17.3 Å². The number of imide groups is 1. The van der Waals surface area contributed by atoms with Crippen molar-refractivity contribution >= 4 is 76.6 Å². The van der Waals surface area contributed by atoms with Crippen LogP contribution in [-0.2, 0) is 57.5 Å². The molecule has 2 rings (SSSR count). The van der Waals surface area contributed by atoms with Gasteiger partial charge >= 0.3 is 6.09 Å². The predicted molar refractivity (Wildman–Crippen MR) is 226 cm³/mol. The van der Waals surface area contributed by atoms with Gasteiger partial charge in [0.2, 0.25) is 35.4 Å². The maximum absolute atomic E-state index is 13.5. The molecule has 0 bridgehead atoms. The number of carbonyl (C=O) groups excluding carboxylic acids is 12. The van der Waals surface area contributed by atoms with Crippen LogP contribution >= 0.6 is 0 Å². The first-order valence-corrected chi connectivity index (χ1v) is 21.1. The monoisotopic (exact) mass is 919 g/mol. The molecule has 10 amide bonds. The second-order valence-electron chi connectivity index (χ2n) is 16.1. The van der Waals surface area contributed by atoms with E-state index in [4.69, 9.17) is 10.8 Å². The van der Waals surface area contributed by atoms with Crippen molar-refractivity contribution in [1.82, 2.24) is 52.6 Å². The Kier molecular flexibility index (Phi) is 22.5. The zero-order valence-electron chi connectivity index (χ0n) is 37.1. The molecular formula is C40H61N11O14. The summed E-state index contributed by atoms with van der Waals surface area (Å²) in [6.07, 6.45) is 0.710. The highest BCUT2D eigenvalue weighted by atomic mass is 16.4. The van der Waals surface area contributed by atoms with Gasteiger partial charge in [0.25, 0.3) is 17.7 Å². The first-order chi connectivity index (χ1) is 30.5. The molecule has 0 spiro atoms. The minimum absolute atomic E-state index is 0.0990. The Labute approximate surface area is 374 Å². The first-order valence-electron chi connectivity index (χ1n) is 21.1. The standard InChI is InChI=1S/C40H61N11O14/c1-6-22(4)36(29(54)15-28(53)23(5)42-16-24(52)17-43-37(61)25(47-40(64)65)9-10-30(41)55)48-31(56)18-44-38(62)26(14-21(2)3)46-39(63)27-8-7-13-50(27)35(60)19-45-49-32(57)20-51-33(58)11-12-34(51)59/h11-12,21-23,25-27,36,42,45,47H,6-10,13-20H2,1-5H3,(H2,41,55)(H,43,61)(H,44,62)(H,46,63)(H,48,56)(H,49,57)(H,64,65)/t22-,23-,25-,26-,27-,36?/m0/s1. The third kappa shape index (κ3) is 18.9. The molecule has 1 fully saturated rings. The lowest BCUT2D eigenvalue weighted by Crippen LogP contribution is -2.56. The number of ketones is 3. The molecule has 0 aromatic carbocycles. The fraction of sp³-hybridized carbons (Fsp3) is 0.625. The van der Waals surface area contributed by atoms with Crippen molar-refractivity contribution in [3.63, 3.8) is 0 Å². The van der Waals surface area contributed by atoms with Gasteiger partial charge in [-0.05, 0) is 44.4 Å². The second kappa shape index (κ2) is 26.9. The number of hydrazine groups is 1. The van der Waals surface area contributed by atoms with E-state index in [0.717, 1.165) is 12.2 Å². The van der Waals surface area contributed by atoms with Crippen molar-refractivity contribution in [2.45, 2.75) is 110 Å². The Hall–Kier alpha value is -6.63. The Morgan fingerprint density at radius 3 is 2.03 bits per heavy atom. The maximum atomic E-state index is 13.5. The molecule has 2 aliphatic rings. The number of likely N-dealkylation sites (tertiary alicyclic amines) is 1. The number of Topliss-reactive ketones (excluding diaryl/α,β-unsaturated/α-hetero) is 3. The van der Waals surface area contributed by atoms with E-state index >= 15 is 0 Å². The van der Waals surface area contributed by atoms with Gasteiger partial charge in [0.05, 0.1) is 44.7 Å². The fourth-order valence-electron chi connectivity index (χ4n) is 6.58. The minimum Gasteiger partial charge on any atom is -0.465 e. The summed E-state index contributed by atoms with van der Waals surface area (Å²) in [5.74, 6) is -8.68. The Morgan fingerprint density at radius 1 is 0.800 bits per heavy atom. The first kappa shape index (κ1) is 54.5. The quantitative estimate of drug-likeness (QED) is 0.0193. The summed E-state index contributed by atoms with van der Waals surface area (Å²) < 4.78 is 0. The second-order valence-corrected chi connectivity index (χ2v) is 16.1. The average Bonchev–Trinajstić information content (AvgIpc) is 3.86. The normalized spacial score (nSPS) is 16.7. The zero-order chi connectivity index (χ0) is 49.0. The van der Waals surface area contributed by atoms with Gasteiger partial charge in [-0.2, -0.15) is 0 Å². The molecule has 0 aliphatic carbocycles. The van der Waals surface area contributed by atoms with E-state index < -0.39 is 152 Å². The lowest BCUT2D eigenvalue weighted by molar-refractivity contribution is -0.142. The third-order valence-electron chi connectivity index (χ3n) is 10.4. The summed E-state index contributed by atoms with van der Waals surface area (Å²) in [4.78, 5) is 164. The van der Waals surface area contributed by atoms with E-state index in [-0.39, 0.29) is 38.1 Å². The van der Waals surface area contributed by atoms with Crippen molar-refractivity contribution in [2.75, 3.05) is 39.3 Å². The molecular weight excluding hydrogens is 859 g/mol. The number of nitrogens with zero attached hydrogens (tertiary/aromatic N) is 2. The summed E-state index contributed by atoms with van der Waals surface area (Å²) in [5, 5.41) is 23.5. The molecule has 0 saturated carbocycles. The lowest BCUT2D eigenvalue weighted by Gasteiger charge is -2.27. The van der Waals surface area contributed by atoms with Crippen molar-refractivity contribution in [1.29, 1.82) is 0 Å². The van der Waals surface area contributed by atoms with Crippen molar-refractivity contribution < 1.29 is 67.4 Å². The predicted octanol–water partition coefficient (Wildman–Crippen LogP) is -4.21. The van der Waals surface area contributed by atoms with Gasteiger partial charge in [0, 0.05) is 25.1 Å². The summed E-state index contributed by atoms with van der Waals surface area (Å²) in [6, 6.07) is -5.55. The van der Waals surface area contributed by atoms with Crippen LogP contribution in [0.1, 0.15) is 79.6 Å². The number of nitrogens with one attached hydrogen (secondary N) is 8. The summed E-state index contributed by atoms with van der Waals surface area (Å²) >= 11 is 0. The molecule has 1 saturated heterocycles. The minimum atomic E-state index is -1.53. The zero-order valence-corrected chi connectivity index (χ0v) is 37.1. The molecule has 6 atom stereocenters. The molecule has 0 radical (unpaired) electrons. The average molecular weight is 920 g/mol. The van der Waals surface area contributed by atoms with E-state index in [2.05, 4.69) is 37.4 Å². The molecule has 0 aromatic rings. The van der Waals surface area contributed by atoms with Crippen LogP contribution in [0.5, 0.6) is 0 Å². The van der Waals surface area contributed by atoms with E-state index in [0.29, 0.717) is 17.7 Å². The summed E-state index contributed by atoms with van der Waals surface area (Å²) in [7, 11) is 0. The van der Waals surface area contributed by atoms with Gasteiger partial charge in [-0.1, -0.05) is 34.1 Å². The van der Waals surface area contributed by atoms with Crippen LogP contribution in [0.4, 0.5) is 4.79 Å². The number of nitrogens with two attached hydrogens (primary N) is 1. The molecule has 11 N–H and O–H groups in total. The SMILES string of the molecule is CC[C@H](C)C(NC(=O)CNC(=O)[C@H](CC(C)C)NC(=O)[C@@H]1CCCN1C(=O)CNNC(=O)CN1C(=O)C=CC1=O)C(=O)CC(=O)[C@H](C)NCC(=O)CNC(=O)[C@H](CCC(N)=O)NC(=O)O. The smallest absolute Gasteiger partial charge is 0.405 e. The van der Waals surface area contributed by atoms with E-state index in [9.17, 15) is 62.3 Å². The van der Waals surface area contributed by atoms with E-state index in [1.807, 2.05) is 19.2 Å². The molecule has 65 heavy (non-hydrogen) atoms. The number of hydrogen-bond acceptors (Lipinski definition) is 15. The van der Waals surface area contributed by atoms with Gasteiger partial charge in [-0.3, -0.25) is 67.9 Å². The van der Waals surface area contributed by atoms with Crippen LogP contribution < -0.4 is 48.5 Å².